The maximum absolute atomic E-state index is 11.1. The second-order valence-corrected chi connectivity index (χ2v) is 10.4. The molecule has 0 saturated carbocycles. The molecule has 216 valence electrons. The van der Waals surface area contributed by atoms with Gasteiger partial charge >= 0.3 is 0 Å². The fourth-order valence-electron chi connectivity index (χ4n) is 3.40. The van der Waals surface area contributed by atoms with Crippen LogP contribution in [0.4, 0.5) is 5.69 Å². The standard InChI is InChI=1S/C23H28ClN5OS.C8H8O2/c1-6-7-18(24)9-8-16(2)14-29(5)23(26-13-20(15-30)25-4)28-19-10-11-21-22(12-19)31-17(3)27-21;9-7-10-6-8-4-2-1-3-5-8/h6-13,15,25H,14H2,1-5H3,(H,26,28);1-5,7H,6H2/b7-6-,16-8+,18-9+,20-13+;. The number of aldehydes is 1. The Kier molecular flexibility index (Phi) is 14.6. The third kappa shape index (κ3) is 12.2. The van der Waals surface area contributed by atoms with Crippen molar-refractivity contribution >= 4 is 57.6 Å². The van der Waals surface area contributed by atoms with Crippen molar-refractivity contribution in [1.82, 2.24) is 15.2 Å². The number of thiazole rings is 1. The van der Waals surface area contributed by atoms with Gasteiger partial charge in [0.1, 0.15) is 6.61 Å². The van der Waals surface area contributed by atoms with Crippen LogP contribution < -0.4 is 10.6 Å². The van der Waals surface area contributed by atoms with Crippen molar-refractivity contribution < 1.29 is 14.3 Å². The third-order valence-corrected chi connectivity index (χ3v) is 6.54. The maximum atomic E-state index is 11.1. The minimum Gasteiger partial charge on any atom is -0.463 e. The first-order valence-corrected chi connectivity index (χ1v) is 14.0. The zero-order valence-electron chi connectivity index (χ0n) is 23.9. The van der Waals surface area contributed by atoms with Gasteiger partial charge in [-0.05, 0) is 56.7 Å². The molecule has 2 N–H and O–H groups in total. The van der Waals surface area contributed by atoms with Gasteiger partial charge in [-0.25, -0.2) is 9.98 Å². The lowest BCUT2D eigenvalue weighted by Crippen LogP contribution is -2.34. The highest BCUT2D eigenvalue weighted by atomic mass is 35.5. The summed E-state index contributed by atoms with van der Waals surface area (Å²) in [6.07, 6.45) is 9.80. The molecule has 0 aliphatic rings. The molecule has 3 aromatic rings. The van der Waals surface area contributed by atoms with Gasteiger partial charge in [0, 0.05) is 31.4 Å². The summed E-state index contributed by atoms with van der Waals surface area (Å²) in [5.74, 6) is 0.603. The molecule has 1 aromatic heterocycles. The first-order valence-electron chi connectivity index (χ1n) is 12.8. The lowest BCUT2D eigenvalue weighted by Gasteiger charge is -2.22. The Labute approximate surface area is 250 Å². The smallest absolute Gasteiger partial charge is 0.293 e. The van der Waals surface area contributed by atoms with E-state index in [9.17, 15) is 9.59 Å². The van der Waals surface area contributed by atoms with Crippen LogP contribution in [0.15, 0.2) is 100 Å². The molecule has 8 nitrogen and oxygen atoms in total. The fraction of sp³-hybridized carbons (Fsp3) is 0.226. The van der Waals surface area contributed by atoms with E-state index < -0.39 is 0 Å². The highest BCUT2D eigenvalue weighted by Crippen LogP contribution is 2.25. The summed E-state index contributed by atoms with van der Waals surface area (Å²) in [4.78, 5) is 31.9. The van der Waals surface area contributed by atoms with Crippen molar-refractivity contribution in [2.24, 2.45) is 4.99 Å². The number of carbonyl (C=O) groups is 2. The van der Waals surface area contributed by atoms with Crippen LogP contribution in [0.1, 0.15) is 24.4 Å². The number of likely N-dealkylation sites (N-methyl/N-ethyl adjacent to an activating group) is 2. The number of nitrogens with one attached hydrogen (secondary N) is 2. The Morgan fingerprint density at radius 3 is 2.59 bits per heavy atom. The first-order chi connectivity index (χ1) is 19.8. The number of guanidine groups is 1. The number of hydrogen-bond acceptors (Lipinski definition) is 7. The number of aliphatic imine (C=N–C) groups is 1. The number of rotatable bonds is 11. The predicted molar refractivity (Wildman–Crippen MR) is 171 cm³/mol. The summed E-state index contributed by atoms with van der Waals surface area (Å²) in [7, 11) is 3.62. The molecule has 10 heteroatoms. The lowest BCUT2D eigenvalue weighted by molar-refractivity contribution is -0.129. The SMILES string of the molecule is C\C=C/C(Cl)=C\C=C(/C)CN(C)C(=N/C=C(\C=O)NC)Nc1ccc2nc(C)sc2c1.O=COCc1ccccc1. The van der Waals surface area contributed by atoms with Crippen LogP contribution in [-0.2, 0) is 20.9 Å². The zero-order valence-corrected chi connectivity index (χ0v) is 25.5. The number of allylic oxidation sites excluding steroid dienone is 6. The minimum absolute atomic E-state index is 0.365. The number of nitrogens with zero attached hydrogens (tertiary/aromatic N) is 3. The number of halogens is 1. The van der Waals surface area contributed by atoms with Gasteiger partial charge in [0.05, 0.1) is 27.1 Å². The van der Waals surface area contributed by atoms with Crippen LogP contribution in [0, 0.1) is 6.92 Å². The summed E-state index contributed by atoms with van der Waals surface area (Å²) in [6.45, 7) is 7.38. The Bertz CT molecular complexity index is 1430. The number of aryl methyl sites for hydroxylation is 1. The van der Waals surface area contributed by atoms with E-state index >= 15 is 0 Å². The van der Waals surface area contributed by atoms with Crippen LogP contribution in [0.2, 0.25) is 0 Å². The quantitative estimate of drug-likeness (QED) is 0.0853. The molecular formula is C31H36ClN5O3S. The van der Waals surface area contributed by atoms with Gasteiger partial charge < -0.3 is 20.3 Å². The van der Waals surface area contributed by atoms with E-state index in [1.807, 2.05) is 106 Å². The van der Waals surface area contributed by atoms with Crippen molar-refractivity contribution in [3.8, 4) is 0 Å². The third-order valence-electron chi connectivity index (χ3n) is 5.36. The van der Waals surface area contributed by atoms with E-state index in [2.05, 4.69) is 25.3 Å². The molecule has 0 radical (unpaired) electrons. The molecule has 0 unspecified atom stereocenters. The fourth-order valence-corrected chi connectivity index (χ4v) is 4.46. The predicted octanol–water partition coefficient (Wildman–Crippen LogP) is 6.57. The Morgan fingerprint density at radius 2 is 1.93 bits per heavy atom. The van der Waals surface area contributed by atoms with Crippen LogP contribution in [-0.4, -0.2) is 49.2 Å². The van der Waals surface area contributed by atoms with Gasteiger partial charge in [0.25, 0.3) is 6.47 Å². The minimum atomic E-state index is 0.365. The summed E-state index contributed by atoms with van der Waals surface area (Å²) < 4.78 is 5.64. The number of aromatic nitrogens is 1. The van der Waals surface area contributed by atoms with Crippen LogP contribution in [0.3, 0.4) is 0 Å². The highest BCUT2D eigenvalue weighted by Gasteiger charge is 2.09. The first kappa shape index (κ1) is 33.0. The summed E-state index contributed by atoms with van der Waals surface area (Å²) >= 11 is 7.77. The second-order valence-electron chi connectivity index (χ2n) is 8.76. The zero-order chi connectivity index (χ0) is 30.0. The van der Waals surface area contributed by atoms with Crippen molar-refractivity contribution in [3.05, 3.63) is 106 Å². The van der Waals surface area contributed by atoms with Crippen LogP contribution in [0.5, 0.6) is 0 Å². The summed E-state index contributed by atoms with van der Waals surface area (Å²) in [6, 6.07) is 15.5. The molecule has 2 aromatic carbocycles. The molecule has 0 aliphatic carbocycles. The normalized spacial score (nSPS) is 12.5. The molecule has 0 bridgehead atoms. The largest absolute Gasteiger partial charge is 0.463 e. The van der Waals surface area contributed by atoms with E-state index in [1.165, 1.54) is 6.20 Å². The molecule has 1 heterocycles. The van der Waals surface area contributed by atoms with Gasteiger partial charge in [0.15, 0.2) is 6.29 Å². The van der Waals surface area contributed by atoms with Crippen molar-refractivity contribution in [2.75, 3.05) is 26.0 Å². The molecular weight excluding hydrogens is 558 g/mol. The van der Waals surface area contributed by atoms with Crippen molar-refractivity contribution in [1.29, 1.82) is 0 Å². The average molecular weight is 594 g/mol. The molecule has 0 atom stereocenters. The van der Waals surface area contributed by atoms with E-state index in [-0.39, 0.29) is 0 Å². The summed E-state index contributed by atoms with van der Waals surface area (Å²) in [5, 5.41) is 7.86. The Morgan fingerprint density at radius 1 is 1.17 bits per heavy atom. The Hall–Kier alpha value is -4.21. The van der Waals surface area contributed by atoms with Crippen molar-refractivity contribution in [3.63, 3.8) is 0 Å². The lowest BCUT2D eigenvalue weighted by atomic mass is 10.2. The van der Waals surface area contributed by atoms with Gasteiger partial charge in [-0.2, -0.15) is 0 Å². The molecule has 3 rings (SSSR count). The van der Waals surface area contributed by atoms with Crippen LogP contribution >= 0.6 is 22.9 Å². The van der Waals surface area contributed by atoms with Gasteiger partial charge in [-0.1, -0.05) is 59.7 Å². The molecule has 0 fully saturated rings. The number of anilines is 1. The monoisotopic (exact) mass is 593 g/mol. The van der Waals surface area contributed by atoms with Gasteiger partial charge in [0.2, 0.25) is 5.96 Å². The molecule has 0 amide bonds. The molecule has 0 aliphatic heterocycles. The molecule has 41 heavy (non-hydrogen) atoms. The second kappa shape index (κ2) is 18.2. The van der Waals surface area contributed by atoms with Gasteiger partial charge in [-0.15, -0.1) is 11.3 Å². The van der Waals surface area contributed by atoms with E-state index in [4.69, 9.17) is 11.6 Å². The number of carbonyl (C=O) groups excluding carboxylic acids is 2. The average Bonchev–Trinajstić information content (AvgIpc) is 3.35. The van der Waals surface area contributed by atoms with E-state index in [1.54, 1.807) is 18.4 Å². The van der Waals surface area contributed by atoms with E-state index in [0.717, 1.165) is 38.3 Å². The summed E-state index contributed by atoms with van der Waals surface area (Å²) in [5.41, 5.74) is 4.36. The highest BCUT2D eigenvalue weighted by molar-refractivity contribution is 7.18. The number of ether oxygens (including phenoxy) is 1. The van der Waals surface area contributed by atoms with E-state index in [0.29, 0.717) is 36.3 Å². The van der Waals surface area contributed by atoms with Gasteiger partial charge in [-0.3, -0.25) is 9.59 Å². The maximum Gasteiger partial charge on any atom is 0.293 e. The number of benzene rings is 2. The van der Waals surface area contributed by atoms with Crippen molar-refractivity contribution in [2.45, 2.75) is 27.4 Å². The topological polar surface area (TPSA) is 95.9 Å². The molecule has 0 saturated heterocycles. The number of fused-ring (bicyclic) bond motifs is 1. The Balaban J connectivity index is 0.000000493. The number of hydrogen-bond donors (Lipinski definition) is 2. The molecule has 0 spiro atoms. The van der Waals surface area contributed by atoms with Crippen LogP contribution in [0.25, 0.3) is 10.2 Å².